The first-order chi connectivity index (χ1) is 15.3. The SMILES string of the molecule is CC(C(=O)Nc1ccc(F)cc1Cl)N1CCN(S(=O)(=O)c2ccc3ccccc3c2)CC1. The lowest BCUT2D eigenvalue weighted by atomic mass is 10.1. The first-order valence-corrected chi connectivity index (χ1v) is 12.1. The Kier molecular flexibility index (Phi) is 6.48. The number of carbonyl (C=O) groups is 1. The second-order valence-electron chi connectivity index (χ2n) is 7.74. The van der Waals surface area contributed by atoms with Crippen LogP contribution in [0.15, 0.2) is 65.6 Å². The van der Waals surface area contributed by atoms with Crippen molar-refractivity contribution in [2.75, 3.05) is 31.5 Å². The van der Waals surface area contributed by atoms with Crippen LogP contribution in [0.1, 0.15) is 6.92 Å². The summed E-state index contributed by atoms with van der Waals surface area (Å²) in [4.78, 5) is 14.8. The standard InChI is InChI=1S/C23H23ClFN3O3S/c1-16(23(29)26-22-9-7-19(25)15-21(22)24)27-10-12-28(13-11-27)32(30,31)20-8-6-17-4-2-3-5-18(17)14-20/h2-9,14-16H,10-13H2,1H3,(H,26,29). The highest BCUT2D eigenvalue weighted by atomic mass is 35.5. The monoisotopic (exact) mass is 475 g/mol. The molecule has 1 aliphatic rings. The molecule has 1 heterocycles. The van der Waals surface area contributed by atoms with Gasteiger partial charge in [0, 0.05) is 26.2 Å². The number of halogens is 2. The third-order valence-electron chi connectivity index (χ3n) is 5.75. The third-order valence-corrected chi connectivity index (χ3v) is 7.96. The number of hydrogen-bond donors (Lipinski definition) is 1. The van der Waals surface area contributed by atoms with Gasteiger partial charge in [0.1, 0.15) is 5.82 Å². The number of piperazine rings is 1. The van der Waals surface area contributed by atoms with Gasteiger partial charge >= 0.3 is 0 Å². The maximum atomic E-state index is 13.2. The summed E-state index contributed by atoms with van der Waals surface area (Å²) in [6.07, 6.45) is 0. The van der Waals surface area contributed by atoms with Crippen molar-refractivity contribution in [1.29, 1.82) is 0 Å². The number of sulfonamides is 1. The summed E-state index contributed by atoms with van der Waals surface area (Å²) in [7, 11) is -3.63. The minimum absolute atomic E-state index is 0.122. The fourth-order valence-electron chi connectivity index (χ4n) is 3.80. The molecule has 0 saturated carbocycles. The highest BCUT2D eigenvalue weighted by Gasteiger charge is 2.32. The minimum atomic E-state index is -3.63. The molecule has 1 atom stereocenters. The van der Waals surface area contributed by atoms with Crippen LogP contribution in [0.4, 0.5) is 10.1 Å². The summed E-state index contributed by atoms with van der Waals surface area (Å²) in [6, 6.07) is 16.0. The lowest BCUT2D eigenvalue weighted by molar-refractivity contribution is -0.121. The van der Waals surface area contributed by atoms with Crippen molar-refractivity contribution in [2.45, 2.75) is 17.9 Å². The van der Waals surface area contributed by atoms with Gasteiger partial charge in [-0.3, -0.25) is 9.69 Å². The number of rotatable bonds is 5. The van der Waals surface area contributed by atoms with Gasteiger partial charge in [-0.25, -0.2) is 12.8 Å². The minimum Gasteiger partial charge on any atom is -0.323 e. The Labute approximate surface area is 191 Å². The van der Waals surface area contributed by atoms with Gasteiger partial charge in [0.25, 0.3) is 0 Å². The van der Waals surface area contributed by atoms with Crippen LogP contribution >= 0.6 is 11.6 Å². The van der Waals surface area contributed by atoms with Crippen molar-refractivity contribution >= 4 is 44.0 Å². The van der Waals surface area contributed by atoms with Gasteiger partial charge in [-0.1, -0.05) is 41.9 Å². The molecule has 1 amide bonds. The smallest absolute Gasteiger partial charge is 0.243 e. The van der Waals surface area contributed by atoms with E-state index in [1.165, 1.54) is 16.4 Å². The van der Waals surface area contributed by atoms with Crippen LogP contribution in [0.3, 0.4) is 0 Å². The molecular formula is C23H23ClFN3O3S. The van der Waals surface area contributed by atoms with Crippen molar-refractivity contribution < 1.29 is 17.6 Å². The Hall–Kier alpha value is -2.52. The van der Waals surface area contributed by atoms with Crippen molar-refractivity contribution in [2.24, 2.45) is 0 Å². The number of fused-ring (bicyclic) bond motifs is 1. The van der Waals surface area contributed by atoms with Gasteiger partial charge in [0.05, 0.1) is 21.6 Å². The van der Waals surface area contributed by atoms with Crippen LogP contribution in [-0.2, 0) is 14.8 Å². The molecular weight excluding hydrogens is 453 g/mol. The lowest BCUT2D eigenvalue weighted by Crippen LogP contribution is -2.53. The molecule has 1 saturated heterocycles. The number of benzene rings is 3. The largest absolute Gasteiger partial charge is 0.323 e. The van der Waals surface area contributed by atoms with E-state index in [4.69, 9.17) is 11.6 Å². The average molecular weight is 476 g/mol. The van der Waals surface area contributed by atoms with E-state index in [9.17, 15) is 17.6 Å². The molecule has 1 fully saturated rings. The van der Waals surface area contributed by atoms with E-state index in [-0.39, 0.29) is 28.9 Å². The highest BCUT2D eigenvalue weighted by molar-refractivity contribution is 7.89. The number of nitrogens with one attached hydrogen (secondary N) is 1. The van der Waals surface area contributed by atoms with Crippen LogP contribution in [-0.4, -0.2) is 55.8 Å². The fourth-order valence-corrected chi connectivity index (χ4v) is 5.47. The van der Waals surface area contributed by atoms with E-state index < -0.39 is 21.9 Å². The van der Waals surface area contributed by atoms with Gasteiger partial charge in [-0.15, -0.1) is 0 Å². The summed E-state index contributed by atoms with van der Waals surface area (Å²) in [5.74, 6) is -0.769. The molecule has 1 N–H and O–H groups in total. The highest BCUT2D eigenvalue weighted by Crippen LogP contribution is 2.25. The molecule has 0 spiro atoms. The zero-order valence-corrected chi connectivity index (χ0v) is 19.0. The molecule has 32 heavy (non-hydrogen) atoms. The van der Waals surface area contributed by atoms with Crippen LogP contribution < -0.4 is 5.32 Å². The third kappa shape index (κ3) is 4.63. The van der Waals surface area contributed by atoms with E-state index in [1.54, 1.807) is 19.1 Å². The summed E-state index contributed by atoms with van der Waals surface area (Å²) < 4.78 is 40.9. The first-order valence-electron chi connectivity index (χ1n) is 10.2. The molecule has 0 aromatic heterocycles. The fraction of sp³-hybridized carbons (Fsp3) is 0.261. The van der Waals surface area contributed by atoms with Crippen molar-refractivity contribution in [1.82, 2.24) is 9.21 Å². The Morgan fingerprint density at radius 1 is 1.00 bits per heavy atom. The van der Waals surface area contributed by atoms with Crippen LogP contribution in [0.2, 0.25) is 5.02 Å². The predicted octanol–water partition coefficient (Wildman–Crippen LogP) is 3.97. The molecule has 0 radical (unpaired) electrons. The van der Waals surface area contributed by atoms with E-state index in [1.807, 2.05) is 35.2 Å². The van der Waals surface area contributed by atoms with Crippen LogP contribution in [0, 0.1) is 5.82 Å². The van der Waals surface area contributed by atoms with Gasteiger partial charge in [-0.05, 0) is 48.0 Å². The zero-order chi connectivity index (χ0) is 22.9. The first kappa shape index (κ1) is 22.7. The summed E-state index contributed by atoms with van der Waals surface area (Å²) in [5.41, 5.74) is 0.336. The Balaban J connectivity index is 1.40. The zero-order valence-electron chi connectivity index (χ0n) is 17.5. The number of nitrogens with zero attached hydrogens (tertiary/aromatic N) is 2. The van der Waals surface area contributed by atoms with Gasteiger partial charge in [0.2, 0.25) is 15.9 Å². The van der Waals surface area contributed by atoms with E-state index in [0.29, 0.717) is 18.8 Å². The van der Waals surface area contributed by atoms with E-state index >= 15 is 0 Å². The van der Waals surface area contributed by atoms with Crippen LogP contribution in [0.5, 0.6) is 0 Å². The predicted molar refractivity (Wildman–Crippen MR) is 124 cm³/mol. The molecule has 3 aromatic carbocycles. The molecule has 4 rings (SSSR count). The molecule has 1 unspecified atom stereocenters. The lowest BCUT2D eigenvalue weighted by Gasteiger charge is -2.36. The molecule has 168 valence electrons. The van der Waals surface area contributed by atoms with Crippen LogP contribution in [0.25, 0.3) is 10.8 Å². The van der Waals surface area contributed by atoms with Crippen molar-refractivity contribution in [3.05, 3.63) is 71.5 Å². The Morgan fingerprint density at radius 3 is 2.38 bits per heavy atom. The molecule has 0 bridgehead atoms. The summed E-state index contributed by atoms with van der Waals surface area (Å²) in [6.45, 7) is 3.14. The maximum absolute atomic E-state index is 13.2. The molecule has 9 heteroatoms. The molecule has 3 aromatic rings. The Morgan fingerprint density at radius 2 is 1.69 bits per heavy atom. The van der Waals surface area contributed by atoms with E-state index in [2.05, 4.69) is 5.32 Å². The van der Waals surface area contributed by atoms with E-state index in [0.717, 1.165) is 16.8 Å². The molecule has 6 nitrogen and oxygen atoms in total. The van der Waals surface area contributed by atoms with Gasteiger partial charge in [0.15, 0.2) is 0 Å². The topological polar surface area (TPSA) is 69.7 Å². The number of hydrogen-bond acceptors (Lipinski definition) is 4. The van der Waals surface area contributed by atoms with Gasteiger partial charge < -0.3 is 5.32 Å². The quantitative estimate of drug-likeness (QED) is 0.606. The molecule has 1 aliphatic heterocycles. The number of anilines is 1. The average Bonchev–Trinajstić information content (AvgIpc) is 2.80. The number of carbonyl (C=O) groups excluding carboxylic acids is 1. The second-order valence-corrected chi connectivity index (χ2v) is 10.1. The van der Waals surface area contributed by atoms with Crippen molar-refractivity contribution in [3.63, 3.8) is 0 Å². The summed E-state index contributed by atoms with van der Waals surface area (Å²) >= 11 is 5.99. The number of amides is 1. The van der Waals surface area contributed by atoms with Crippen molar-refractivity contribution in [3.8, 4) is 0 Å². The second kappa shape index (κ2) is 9.15. The Bertz CT molecular complexity index is 1260. The normalized spacial score (nSPS) is 16.7. The summed E-state index contributed by atoms with van der Waals surface area (Å²) in [5, 5.41) is 4.69. The maximum Gasteiger partial charge on any atom is 0.243 e. The van der Waals surface area contributed by atoms with Gasteiger partial charge in [-0.2, -0.15) is 4.31 Å². The molecule has 0 aliphatic carbocycles.